The van der Waals surface area contributed by atoms with Gasteiger partial charge < -0.3 is 4.79 Å². The van der Waals surface area contributed by atoms with Crippen LogP contribution < -0.4 is 0 Å². The summed E-state index contributed by atoms with van der Waals surface area (Å²) >= 11 is 0. The SMILES string of the molecule is N#Cc1cccc2c1CC[C@@H]2C=O. The van der Waals surface area contributed by atoms with Gasteiger partial charge in [0.1, 0.15) is 6.29 Å². The van der Waals surface area contributed by atoms with Crippen LogP contribution in [0.2, 0.25) is 0 Å². The fourth-order valence-corrected chi connectivity index (χ4v) is 1.93. The Labute approximate surface area is 76.8 Å². The van der Waals surface area contributed by atoms with Crippen LogP contribution in [0, 0.1) is 11.3 Å². The van der Waals surface area contributed by atoms with Crippen LogP contribution in [0.3, 0.4) is 0 Å². The van der Waals surface area contributed by atoms with E-state index in [-0.39, 0.29) is 5.92 Å². The van der Waals surface area contributed by atoms with Gasteiger partial charge in [-0.1, -0.05) is 12.1 Å². The van der Waals surface area contributed by atoms with Crippen molar-refractivity contribution in [1.82, 2.24) is 0 Å². The predicted octanol–water partition coefficient (Wildman–Crippen LogP) is 1.79. The quantitative estimate of drug-likeness (QED) is 0.604. The lowest BCUT2D eigenvalue weighted by Crippen LogP contribution is -1.94. The van der Waals surface area contributed by atoms with Gasteiger partial charge in [0, 0.05) is 5.92 Å². The highest BCUT2D eigenvalue weighted by atomic mass is 16.1. The summed E-state index contributed by atoms with van der Waals surface area (Å²) in [6, 6.07) is 7.76. The van der Waals surface area contributed by atoms with Crippen LogP contribution in [-0.2, 0) is 11.2 Å². The van der Waals surface area contributed by atoms with Crippen LogP contribution in [0.15, 0.2) is 18.2 Å². The Bertz CT molecular complexity index is 390. The van der Waals surface area contributed by atoms with E-state index in [1.807, 2.05) is 18.2 Å². The van der Waals surface area contributed by atoms with Gasteiger partial charge in [-0.3, -0.25) is 0 Å². The molecule has 0 aliphatic heterocycles. The van der Waals surface area contributed by atoms with E-state index < -0.39 is 0 Å². The van der Waals surface area contributed by atoms with Crippen molar-refractivity contribution in [2.24, 2.45) is 0 Å². The smallest absolute Gasteiger partial charge is 0.127 e. The Kier molecular flexibility index (Phi) is 1.86. The van der Waals surface area contributed by atoms with E-state index in [4.69, 9.17) is 5.26 Å². The molecule has 0 heterocycles. The fraction of sp³-hybridized carbons (Fsp3) is 0.273. The number of benzene rings is 1. The van der Waals surface area contributed by atoms with Crippen LogP contribution in [0.5, 0.6) is 0 Å². The molecule has 1 atom stereocenters. The molecular weight excluding hydrogens is 162 g/mol. The minimum absolute atomic E-state index is 0.0169. The molecule has 0 bridgehead atoms. The van der Waals surface area contributed by atoms with Crippen molar-refractivity contribution in [1.29, 1.82) is 5.26 Å². The molecule has 1 aliphatic carbocycles. The molecule has 0 unspecified atom stereocenters. The summed E-state index contributed by atoms with van der Waals surface area (Å²) < 4.78 is 0. The highest BCUT2D eigenvalue weighted by Gasteiger charge is 2.23. The molecule has 1 aromatic carbocycles. The average molecular weight is 171 g/mol. The molecule has 2 heteroatoms. The summed E-state index contributed by atoms with van der Waals surface area (Å²) in [6.45, 7) is 0. The maximum atomic E-state index is 10.7. The van der Waals surface area contributed by atoms with Crippen molar-refractivity contribution >= 4 is 6.29 Å². The molecule has 64 valence electrons. The molecule has 1 aromatic rings. The van der Waals surface area contributed by atoms with Gasteiger partial charge in [0.05, 0.1) is 11.6 Å². The van der Waals surface area contributed by atoms with Gasteiger partial charge in [-0.05, 0) is 30.0 Å². The third-order valence-corrected chi connectivity index (χ3v) is 2.60. The summed E-state index contributed by atoms with van der Waals surface area (Å²) in [4.78, 5) is 10.7. The van der Waals surface area contributed by atoms with Crippen molar-refractivity contribution in [3.8, 4) is 6.07 Å². The lowest BCUT2D eigenvalue weighted by molar-refractivity contribution is -0.109. The molecule has 0 saturated heterocycles. The summed E-state index contributed by atoms with van der Waals surface area (Å²) in [5, 5.41) is 8.82. The zero-order valence-electron chi connectivity index (χ0n) is 7.16. The van der Waals surface area contributed by atoms with Crippen LogP contribution in [0.4, 0.5) is 0 Å². The molecule has 0 amide bonds. The molecule has 0 spiro atoms. The lowest BCUT2D eigenvalue weighted by Gasteiger charge is -2.02. The molecule has 0 aromatic heterocycles. The van der Waals surface area contributed by atoms with Crippen molar-refractivity contribution in [3.63, 3.8) is 0 Å². The number of aldehydes is 1. The molecule has 0 N–H and O–H groups in total. The number of hydrogen-bond acceptors (Lipinski definition) is 2. The minimum Gasteiger partial charge on any atom is -0.303 e. The second-order valence-electron chi connectivity index (χ2n) is 3.27. The first kappa shape index (κ1) is 8.00. The molecule has 0 radical (unpaired) electrons. The standard InChI is InChI=1S/C11H9NO/c12-6-8-2-1-3-10-9(7-13)4-5-11(8)10/h1-3,7,9H,4-5H2/t9-/m1/s1. The molecule has 2 nitrogen and oxygen atoms in total. The molecule has 0 fully saturated rings. The number of nitrogens with zero attached hydrogens (tertiary/aromatic N) is 1. The molecule has 2 rings (SSSR count). The normalized spacial score (nSPS) is 19.2. The molecule has 1 aliphatic rings. The van der Waals surface area contributed by atoms with Gasteiger partial charge >= 0.3 is 0 Å². The minimum atomic E-state index is 0.0169. The van der Waals surface area contributed by atoms with E-state index in [0.29, 0.717) is 0 Å². The van der Waals surface area contributed by atoms with Crippen LogP contribution >= 0.6 is 0 Å². The highest BCUT2D eigenvalue weighted by Crippen LogP contribution is 2.33. The van der Waals surface area contributed by atoms with Gasteiger partial charge in [-0.2, -0.15) is 5.26 Å². The zero-order valence-corrected chi connectivity index (χ0v) is 7.16. The Morgan fingerprint density at radius 3 is 3.08 bits per heavy atom. The maximum Gasteiger partial charge on any atom is 0.127 e. The lowest BCUT2D eigenvalue weighted by atomic mass is 10.0. The van der Waals surface area contributed by atoms with Crippen LogP contribution in [-0.4, -0.2) is 6.29 Å². The fourth-order valence-electron chi connectivity index (χ4n) is 1.93. The molecule has 0 saturated carbocycles. The molecular formula is C11H9NO. The van der Waals surface area contributed by atoms with Gasteiger partial charge in [0.15, 0.2) is 0 Å². The number of carbonyl (C=O) groups is 1. The summed E-state index contributed by atoms with van der Waals surface area (Å²) in [5.41, 5.74) is 2.85. The second kappa shape index (κ2) is 3.02. The number of nitriles is 1. The van der Waals surface area contributed by atoms with E-state index in [0.717, 1.165) is 35.8 Å². The van der Waals surface area contributed by atoms with E-state index in [1.54, 1.807) is 0 Å². The monoisotopic (exact) mass is 171 g/mol. The topological polar surface area (TPSA) is 40.9 Å². The van der Waals surface area contributed by atoms with Gasteiger partial charge in [-0.25, -0.2) is 0 Å². The van der Waals surface area contributed by atoms with Crippen molar-refractivity contribution < 1.29 is 4.79 Å². The number of rotatable bonds is 1. The van der Waals surface area contributed by atoms with Crippen molar-refractivity contribution in [2.75, 3.05) is 0 Å². The number of carbonyl (C=O) groups excluding carboxylic acids is 1. The van der Waals surface area contributed by atoms with Gasteiger partial charge in [0.2, 0.25) is 0 Å². The van der Waals surface area contributed by atoms with Crippen LogP contribution in [0.1, 0.15) is 29.0 Å². The van der Waals surface area contributed by atoms with Gasteiger partial charge in [0.25, 0.3) is 0 Å². The van der Waals surface area contributed by atoms with Gasteiger partial charge in [-0.15, -0.1) is 0 Å². The Morgan fingerprint density at radius 2 is 2.38 bits per heavy atom. The third kappa shape index (κ3) is 1.13. The summed E-state index contributed by atoms with van der Waals surface area (Å²) in [6.07, 6.45) is 2.70. The first-order chi connectivity index (χ1) is 6.36. The van der Waals surface area contributed by atoms with E-state index in [9.17, 15) is 4.79 Å². The predicted molar refractivity (Wildman–Crippen MR) is 48.3 cm³/mol. The Hall–Kier alpha value is -1.62. The third-order valence-electron chi connectivity index (χ3n) is 2.60. The maximum absolute atomic E-state index is 10.7. The van der Waals surface area contributed by atoms with E-state index in [2.05, 4.69) is 6.07 Å². The first-order valence-corrected chi connectivity index (χ1v) is 4.34. The van der Waals surface area contributed by atoms with Crippen molar-refractivity contribution in [2.45, 2.75) is 18.8 Å². The van der Waals surface area contributed by atoms with Crippen molar-refractivity contribution in [3.05, 3.63) is 34.9 Å². The average Bonchev–Trinajstić information content (AvgIpc) is 2.60. The Balaban J connectivity index is 2.56. The van der Waals surface area contributed by atoms with E-state index in [1.165, 1.54) is 0 Å². The second-order valence-corrected chi connectivity index (χ2v) is 3.27. The largest absolute Gasteiger partial charge is 0.303 e. The molecule has 13 heavy (non-hydrogen) atoms. The zero-order chi connectivity index (χ0) is 9.26. The highest BCUT2D eigenvalue weighted by molar-refractivity contribution is 5.66. The van der Waals surface area contributed by atoms with E-state index >= 15 is 0 Å². The first-order valence-electron chi connectivity index (χ1n) is 4.34. The Morgan fingerprint density at radius 1 is 1.54 bits per heavy atom. The number of hydrogen-bond donors (Lipinski definition) is 0. The van der Waals surface area contributed by atoms with Crippen LogP contribution in [0.25, 0.3) is 0 Å². The summed E-state index contributed by atoms with van der Waals surface area (Å²) in [7, 11) is 0. The number of fused-ring (bicyclic) bond motifs is 1. The summed E-state index contributed by atoms with van der Waals surface area (Å²) in [5.74, 6) is 0.0169.